The first-order valence-corrected chi connectivity index (χ1v) is 5.21. The predicted octanol–water partition coefficient (Wildman–Crippen LogP) is 1.25. The molecule has 0 heterocycles. The largest absolute Gasteiger partial charge is 0.381 e. The van der Waals surface area contributed by atoms with Gasteiger partial charge in [-0.05, 0) is 30.9 Å². The van der Waals surface area contributed by atoms with Crippen molar-refractivity contribution in [2.75, 3.05) is 0 Å². The monoisotopic (exact) mass is 215 g/mol. The smallest absolute Gasteiger partial charge is 0.152 e. The summed E-state index contributed by atoms with van der Waals surface area (Å²) in [7, 11) is 0. The van der Waals surface area contributed by atoms with Crippen LogP contribution in [0.2, 0.25) is 0 Å². The van der Waals surface area contributed by atoms with E-state index < -0.39 is 11.0 Å². The summed E-state index contributed by atoms with van der Waals surface area (Å²) >= 11 is 0. The molecule has 1 unspecified atom stereocenters. The zero-order chi connectivity index (χ0) is 11.8. The summed E-state index contributed by atoms with van der Waals surface area (Å²) in [4.78, 5) is 10.9. The van der Waals surface area contributed by atoms with Crippen LogP contribution >= 0.6 is 0 Å². The second-order valence-corrected chi connectivity index (χ2v) is 4.58. The normalized spacial score (nSPS) is 20.6. The van der Waals surface area contributed by atoms with Crippen molar-refractivity contribution in [2.45, 2.75) is 25.4 Å². The number of carbonyl (C=O) groups excluding carboxylic acids is 1. The van der Waals surface area contributed by atoms with Crippen molar-refractivity contribution in [3.8, 4) is 6.07 Å². The van der Waals surface area contributed by atoms with Gasteiger partial charge in [-0.2, -0.15) is 5.26 Å². The molecule has 0 aromatic heterocycles. The van der Waals surface area contributed by atoms with Crippen LogP contribution in [0.5, 0.6) is 0 Å². The molecule has 0 aliphatic heterocycles. The van der Waals surface area contributed by atoms with Gasteiger partial charge in [0.15, 0.2) is 6.29 Å². The number of hydrogen-bond donors (Lipinski definition) is 1. The van der Waals surface area contributed by atoms with Gasteiger partial charge in [0.2, 0.25) is 0 Å². The number of benzene rings is 1. The minimum absolute atomic E-state index is 0.436. The van der Waals surface area contributed by atoms with Gasteiger partial charge in [-0.15, -0.1) is 0 Å². The van der Waals surface area contributed by atoms with Crippen LogP contribution in [0.1, 0.15) is 18.1 Å². The minimum Gasteiger partial charge on any atom is -0.381 e. The van der Waals surface area contributed by atoms with E-state index in [0.717, 1.165) is 11.1 Å². The Kier molecular flexibility index (Phi) is 2.32. The fourth-order valence-electron chi connectivity index (χ4n) is 2.28. The van der Waals surface area contributed by atoms with Crippen molar-refractivity contribution in [1.82, 2.24) is 0 Å². The zero-order valence-corrected chi connectivity index (χ0v) is 9.10. The first-order chi connectivity index (χ1) is 7.54. The third-order valence-electron chi connectivity index (χ3n) is 3.52. The standard InChI is InChI=1S/C13H13NO2/c1-12(16,9-15)13(8-14)6-10-4-2-3-5-11(10)7-13/h2-5,9,16H,6-7H2,1H3. The van der Waals surface area contributed by atoms with Gasteiger partial charge < -0.3 is 9.90 Å². The Morgan fingerprint density at radius 3 is 2.31 bits per heavy atom. The molecule has 16 heavy (non-hydrogen) atoms. The number of nitrogens with zero attached hydrogens (tertiary/aromatic N) is 1. The number of aldehydes is 1. The highest BCUT2D eigenvalue weighted by Crippen LogP contribution is 2.43. The first kappa shape index (κ1) is 10.8. The van der Waals surface area contributed by atoms with Crippen LogP contribution in [-0.4, -0.2) is 17.0 Å². The van der Waals surface area contributed by atoms with Gasteiger partial charge in [0.05, 0.1) is 6.07 Å². The molecule has 2 rings (SSSR count). The van der Waals surface area contributed by atoms with Crippen LogP contribution < -0.4 is 0 Å². The first-order valence-electron chi connectivity index (χ1n) is 5.21. The highest BCUT2D eigenvalue weighted by atomic mass is 16.3. The number of hydrogen-bond acceptors (Lipinski definition) is 3. The fourth-order valence-corrected chi connectivity index (χ4v) is 2.28. The lowest BCUT2D eigenvalue weighted by Crippen LogP contribution is -2.47. The maximum Gasteiger partial charge on any atom is 0.152 e. The van der Waals surface area contributed by atoms with Crippen LogP contribution in [0.25, 0.3) is 0 Å². The van der Waals surface area contributed by atoms with E-state index in [-0.39, 0.29) is 0 Å². The maximum atomic E-state index is 10.9. The summed E-state index contributed by atoms with van der Waals surface area (Å²) in [6.45, 7) is 1.41. The van der Waals surface area contributed by atoms with Crippen LogP contribution in [0.3, 0.4) is 0 Å². The molecule has 3 nitrogen and oxygen atoms in total. The number of fused-ring (bicyclic) bond motifs is 1. The van der Waals surface area contributed by atoms with E-state index >= 15 is 0 Å². The Hall–Kier alpha value is -1.66. The summed E-state index contributed by atoms with van der Waals surface area (Å²) in [6.07, 6.45) is 1.35. The van der Waals surface area contributed by atoms with Crippen molar-refractivity contribution in [2.24, 2.45) is 5.41 Å². The van der Waals surface area contributed by atoms with E-state index in [1.54, 1.807) is 0 Å². The van der Waals surface area contributed by atoms with Gasteiger partial charge in [-0.25, -0.2) is 0 Å². The van der Waals surface area contributed by atoms with Crippen molar-refractivity contribution in [3.63, 3.8) is 0 Å². The Bertz CT molecular complexity index is 446. The number of aliphatic hydroxyl groups is 1. The van der Waals surface area contributed by atoms with E-state index in [1.165, 1.54) is 6.92 Å². The summed E-state index contributed by atoms with van der Waals surface area (Å²) < 4.78 is 0. The third-order valence-corrected chi connectivity index (χ3v) is 3.52. The van der Waals surface area contributed by atoms with Crippen LogP contribution in [0.4, 0.5) is 0 Å². The molecule has 0 saturated heterocycles. The summed E-state index contributed by atoms with van der Waals surface area (Å²) in [5.41, 5.74) is -0.517. The molecule has 1 aliphatic rings. The molecule has 1 aliphatic carbocycles. The van der Waals surface area contributed by atoms with Crippen LogP contribution in [-0.2, 0) is 17.6 Å². The molecule has 0 saturated carbocycles. The molecule has 1 atom stereocenters. The summed E-state index contributed by atoms with van der Waals surface area (Å²) in [5.74, 6) is 0. The Morgan fingerprint density at radius 1 is 1.44 bits per heavy atom. The molecule has 0 fully saturated rings. The molecule has 0 radical (unpaired) electrons. The van der Waals surface area contributed by atoms with E-state index in [9.17, 15) is 15.2 Å². The van der Waals surface area contributed by atoms with Crippen molar-refractivity contribution < 1.29 is 9.90 Å². The van der Waals surface area contributed by atoms with Gasteiger partial charge in [0.1, 0.15) is 11.0 Å². The highest BCUT2D eigenvalue weighted by molar-refractivity contribution is 5.66. The molecule has 0 spiro atoms. The van der Waals surface area contributed by atoms with Crippen LogP contribution in [0, 0.1) is 16.7 Å². The molecule has 3 heteroatoms. The molecule has 1 aromatic rings. The Morgan fingerprint density at radius 2 is 1.94 bits per heavy atom. The lowest BCUT2D eigenvalue weighted by Gasteiger charge is -2.32. The second-order valence-electron chi connectivity index (χ2n) is 4.58. The Labute approximate surface area is 94.3 Å². The quantitative estimate of drug-likeness (QED) is 0.755. The van der Waals surface area contributed by atoms with Crippen molar-refractivity contribution in [3.05, 3.63) is 35.4 Å². The van der Waals surface area contributed by atoms with E-state index in [0.29, 0.717) is 19.1 Å². The fraction of sp³-hybridized carbons (Fsp3) is 0.385. The molecule has 0 amide bonds. The predicted molar refractivity (Wildman–Crippen MR) is 58.6 cm³/mol. The zero-order valence-electron chi connectivity index (χ0n) is 9.10. The third kappa shape index (κ3) is 1.35. The number of nitriles is 1. The van der Waals surface area contributed by atoms with E-state index in [4.69, 9.17) is 0 Å². The summed E-state index contributed by atoms with van der Waals surface area (Å²) in [5, 5.41) is 19.3. The van der Waals surface area contributed by atoms with Gasteiger partial charge in [0.25, 0.3) is 0 Å². The maximum absolute atomic E-state index is 10.9. The second kappa shape index (κ2) is 3.43. The molecule has 82 valence electrons. The molecular formula is C13H13NO2. The van der Waals surface area contributed by atoms with Gasteiger partial charge in [0, 0.05) is 0 Å². The van der Waals surface area contributed by atoms with Gasteiger partial charge >= 0.3 is 0 Å². The lowest BCUT2D eigenvalue weighted by molar-refractivity contribution is -0.131. The lowest BCUT2D eigenvalue weighted by atomic mass is 9.72. The molecule has 1 N–H and O–H groups in total. The summed E-state index contributed by atoms with van der Waals surface area (Å²) in [6, 6.07) is 9.82. The topological polar surface area (TPSA) is 61.1 Å². The van der Waals surface area contributed by atoms with E-state index in [1.807, 2.05) is 24.3 Å². The number of carbonyl (C=O) groups is 1. The van der Waals surface area contributed by atoms with Gasteiger partial charge in [-0.1, -0.05) is 24.3 Å². The molecule has 0 bridgehead atoms. The van der Waals surface area contributed by atoms with Crippen molar-refractivity contribution >= 4 is 6.29 Å². The average Bonchev–Trinajstić information content (AvgIpc) is 2.69. The number of rotatable bonds is 2. The Balaban J connectivity index is 2.46. The molecule has 1 aromatic carbocycles. The molecular weight excluding hydrogens is 202 g/mol. The average molecular weight is 215 g/mol. The van der Waals surface area contributed by atoms with Crippen LogP contribution in [0.15, 0.2) is 24.3 Å². The van der Waals surface area contributed by atoms with Gasteiger partial charge in [-0.3, -0.25) is 0 Å². The van der Waals surface area contributed by atoms with E-state index in [2.05, 4.69) is 6.07 Å². The SMILES string of the molecule is CC(O)(C=O)C1(C#N)Cc2ccccc2C1. The highest BCUT2D eigenvalue weighted by Gasteiger charge is 2.51. The minimum atomic E-state index is -1.60. The van der Waals surface area contributed by atoms with Crippen molar-refractivity contribution in [1.29, 1.82) is 5.26 Å².